The molecule has 0 unspecified atom stereocenters. The molecule has 2 aromatic carbocycles. The molecule has 3 rings (SSSR count). The smallest absolute Gasteiger partial charge is 0.272 e. The Bertz CT molecular complexity index is 1020. The first-order valence-corrected chi connectivity index (χ1v) is 8.47. The molecule has 140 valence electrons. The monoisotopic (exact) mass is 371 g/mol. The lowest BCUT2D eigenvalue weighted by atomic mass is 9.96. The van der Waals surface area contributed by atoms with E-state index in [1.165, 1.54) is 37.6 Å². The van der Waals surface area contributed by atoms with Gasteiger partial charge in [0.2, 0.25) is 0 Å². The average molecular weight is 371 g/mol. The van der Waals surface area contributed by atoms with Gasteiger partial charge in [0.05, 0.1) is 18.4 Å². The molecule has 7 heteroatoms. The van der Waals surface area contributed by atoms with Gasteiger partial charge in [0.1, 0.15) is 17.4 Å². The summed E-state index contributed by atoms with van der Waals surface area (Å²) in [5.41, 5.74) is 6.25. The lowest BCUT2D eigenvalue weighted by Crippen LogP contribution is -2.26. The van der Waals surface area contributed by atoms with Crippen molar-refractivity contribution >= 4 is 22.4 Å². The van der Waals surface area contributed by atoms with Gasteiger partial charge in [-0.15, -0.1) is 0 Å². The number of nitrogens with two attached hydrogens (primary N) is 1. The van der Waals surface area contributed by atoms with E-state index in [-0.39, 0.29) is 28.3 Å². The molecule has 27 heavy (non-hydrogen) atoms. The largest absolute Gasteiger partial charge is 0.496 e. The van der Waals surface area contributed by atoms with E-state index < -0.39 is 17.5 Å². The predicted octanol–water partition coefficient (Wildman–Crippen LogP) is 3.91. The van der Waals surface area contributed by atoms with Crippen LogP contribution in [0.2, 0.25) is 0 Å². The van der Waals surface area contributed by atoms with Gasteiger partial charge in [0, 0.05) is 29.1 Å². The molecule has 0 aliphatic heterocycles. The lowest BCUT2D eigenvalue weighted by molar-refractivity contribution is 0.0950. The molecule has 0 aliphatic carbocycles. The number of carbonyl (C=O) groups is 1. The number of nitrogens with one attached hydrogen (secondary N) is 1. The number of nitrogen functional groups attached to an aromatic ring is 1. The second-order valence-electron chi connectivity index (χ2n) is 5.98. The summed E-state index contributed by atoms with van der Waals surface area (Å²) in [7, 11) is 1.38. The first kappa shape index (κ1) is 18.6. The predicted molar refractivity (Wildman–Crippen MR) is 101 cm³/mol. The highest BCUT2D eigenvalue weighted by Gasteiger charge is 2.22. The Labute approximate surface area is 155 Å². The second-order valence-corrected chi connectivity index (χ2v) is 5.98. The fourth-order valence-corrected chi connectivity index (χ4v) is 2.96. The minimum atomic E-state index is -0.643. The molecule has 0 atom stereocenters. The number of benzene rings is 2. The second kappa shape index (κ2) is 7.57. The van der Waals surface area contributed by atoms with Gasteiger partial charge in [-0.3, -0.25) is 4.79 Å². The molecule has 0 aliphatic rings. The Morgan fingerprint density at radius 3 is 2.59 bits per heavy atom. The summed E-state index contributed by atoms with van der Waals surface area (Å²) in [6, 6.07) is 6.88. The van der Waals surface area contributed by atoms with Gasteiger partial charge in [0.25, 0.3) is 5.91 Å². The van der Waals surface area contributed by atoms with Gasteiger partial charge in [-0.05, 0) is 30.7 Å². The number of ether oxygens (including phenoxy) is 1. The molecular weight excluding hydrogens is 352 g/mol. The molecule has 1 amide bonds. The molecule has 3 aromatic rings. The zero-order valence-electron chi connectivity index (χ0n) is 15.0. The van der Waals surface area contributed by atoms with Crippen LogP contribution in [0, 0.1) is 11.6 Å². The SMILES string of the molecule is CCCNC(=O)c1ncc2c(-c3c(F)cccc3OC)c(F)ccc2c1N. The Morgan fingerprint density at radius 2 is 1.89 bits per heavy atom. The van der Waals surface area contributed by atoms with Crippen LogP contribution in [0.3, 0.4) is 0 Å². The molecule has 1 aromatic heterocycles. The third-order valence-electron chi connectivity index (χ3n) is 4.26. The highest BCUT2D eigenvalue weighted by molar-refractivity contribution is 6.09. The number of aromatic nitrogens is 1. The van der Waals surface area contributed by atoms with Gasteiger partial charge in [-0.2, -0.15) is 0 Å². The zero-order valence-corrected chi connectivity index (χ0v) is 15.0. The summed E-state index contributed by atoms with van der Waals surface area (Å²) in [6.07, 6.45) is 2.10. The van der Waals surface area contributed by atoms with E-state index in [0.29, 0.717) is 17.3 Å². The minimum absolute atomic E-state index is 0.0119. The zero-order chi connectivity index (χ0) is 19.6. The van der Waals surface area contributed by atoms with Crippen molar-refractivity contribution in [1.29, 1.82) is 0 Å². The molecule has 1 heterocycles. The molecule has 0 saturated heterocycles. The fourth-order valence-electron chi connectivity index (χ4n) is 2.96. The maximum Gasteiger partial charge on any atom is 0.272 e. The van der Waals surface area contributed by atoms with E-state index in [2.05, 4.69) is 10.3 Å². The third kappa shape index (κ3) is 3.28. The molecular formula is C20H19F2N3O2. The van der Waals surface area contributed by atoms with Crippen LogP contribution in [0.5, 0.6) is 5.75 Å². The summed E-state index contributed by atoms with van der Waals surface area (Å²) in [6.45, 7) is 2.41. The molecule has 0 saturated carbocycles. The highest BCUT2D eigenvalue weighted by atomic mass is 19.1. The molecule has 0 bridgehead atoms. The summed E-state index contributed by atoms with van der Waals surface area (Å²) in [5, 5.41) is 3.41. The minimum Gasteiger partial charge on any atom is -0.496 e. The van der Waals surface area contributed by atoms with Crippen molar-refractivity contribution in [2.45, 2.75) is 13.3 Å². The van der Waals surface area contributed by atoms with Crippen LogP contribution >= 0.6 is 0 Å². The Morgan fingerprint density at radius 1 is 1.15 bits per heavy atom. The van der Waals surface area contributed by atoms with Crippen molar-refractivity contribution in [3.8, 4) is 16.9 Å². The number of methoxy groups -OCH3 is 1. The number of fused-ring (bicyclic) bond motifs is 1. The molecule has 0 spiro atoms. The Kier molecular flexibility index (Phi) is 5.21. The van der Waals surface area contributed by atoms with E-state index in [1.54, 1.807) is 6.07 Å². The van der Waals surface area contributed by atoms with Crippen molar-refractivity contribution in [2.75, 3.05) is 19.4 Å². The van der Waals surface area contributed by atoms with E-state index in [4.69, 9.17) is 10.5 Å². The van der Waals surface area contributed by atoms with E-state index in [1.807, 2.05) is 6.92 Å². The van der Waals surface area contributed by atoms with Gasteiger partial charge in [-0.25, -0.2) is 13.8 Å². The number of nitrogens with zero attached hydrogens (tertiary/aromatic N) is 1. The molecule has 3 N–H and O–H groups in total. The number of halogens is 2. The first-order chi connectivity index (χ1) is 13.0. The highest BCUT2D eigenvalue weighted by Crippen LogP contribution is 2.40. The van der Waals surface area contributed by atoms with Gasteiger partial charge in [-0.1, -0.05) is 13.0 Å². The number of rotatable bonds is 5. The number of pyridine rings is 1. The maximum absolute atomic E-state index is 14.7. The lowest BCUT2D eigenvalue weighted by Gasteiger charge is -2.15. The standard InChI is InChI=1S/C20H19F2N3O2/c1-3-9-24-20(26)19-18(23)11-7-8-14(22)16(12(11)10-25-19)17-13(21)5-4-6-15(17)27-2/h4-8,10H,3,9,23H2,1-2H3,(H,24,26). The number of hydrogen-bond acceptors (Lipinski definition) is 4. The molecule has 5 nitrogen and oxygen atoms in total. The van der Waals surface area contributed by atoms with Gasteiger partial charge in [0.15, 0.2) is 5.69 Å². The van der Waals surface area contributed by atoms with Gasteiger partial charge >= 0.3 is 0 Å². The summed E-state index contributed by atoms with van der Waals surface area (Å²) < 4.78 is 34.4. The maximum atomic E-state index is 14.7. The summed E-state index contributed by atoms with van der Waals surface area (Å²) in [4.78, 5) is 16.3. The van der Waals surface area contributed by atoms with Crippen molar-refractivity contribution in [3.63, 3.8) is 0 Å². The van der Waals surface area contributed by atoms with Crippen LogP contribution in [0.25, 0.3) is 21.9 Å². The van der Waals surface area contributed by atoms with E-state index >= 15 is 0 Å². The molecule has 0 fully saturated rings. The van der Waals surface area contributed by atoms with Crippen molar-refractivity contribution in [3.05, 3.63) is 53.9 Å². The van der Waals surface area contributed by atoms with Crippen molar-refractivity contribution < 1.29 is 18.3 Å². The average Bonchev–Trinajstić information content (AvgIpc) is 2.66. The van der Waals surface area contributed by atoms with Crippen LogP contribution in [-0.4, -0.2) is 24.5 Å². The van der Waals surface area contributed by atoms with E-state index in [9.17, 15) is 13.6 Å². The fraction of sp³-hybridized carbons (Fsp3) is 0.200. The van der Waals surface area contributed by atoms with Crippen LogP contribution in [0.4, 0.5) is 14.5 Å². The van der Waals surface area contributed by atoms with Crippen molar-refractivity contribution in [2.24, 2.45) is 0 Å². The Hall–Kier alpha value is -3.22. The third-order valence-corrected chi connectivity index (χ3v) is 4.26. The number of carbonyl (C=O) groups excluding carboxylic acids is 1. The van der Waals surface area contributed by atoms with Crippen molar-refractivity contribution in [1.82, 2.24) is 10.3 Å². The molecule has 0 radical (unpaired) electrons. The normalized spacial score (nSPS) is 10.8. The first-order valence-electron chi connectivity index (χ1n) is 8.47. The van der Waals surface area contributed by atoms with Gasteiger partial charge < -0.3 is 15.8 Å². The van der Waals surface area contributed by atoms with Crippen LogP contribution in [0.1, 0.15) is 23.8 Å². The Balaban J connectivity index is 2.26. The number of anilines is 1. The van der Waals surface area contributed by atoms with E-state index in [0.717, 1.165) is 6.42 Å². The number of hydrogen-bond donors (Lipinski definition) is 2. The quantitative estimate of drug-likeness (QED) is 0.713. The van der Waals surface area contributed by atoms with Crippen LogP contribution in [-0.2, 0) is 0 Å². The summed E-state index contributed by atoms with van der Waals surface area (Å²) >= 11 is 0. The topological polar surface area (TPSA) is 77.2 Å². The van der Waals surface area contributed by atoms with Crippen LogP contribution < -0.4 is 15.8 Å². The van der Waals surface area contributed by atoms with Crippen LogP contribution in [0.15, 0.2) is 36.5 Å². The summed E-state index contributed by atoms with van der Waals surface area (Å²) in [5.74, 6) is -1.50. The number of amides is 1.